The number of nitrogens with zero attached hydrogens (tertiary/aromatic N) is 2. The third kappa shape index (κ3) is 2.20. The van der Waals surface area contributed by atoms with E-state index >= 15 is 0 Å². The SMILES string of the molecule is CNc1cc(C(F)(F)F)nc(N)n1. The summed E-state index contributed by atoms with van der Waals surface area (Å²) in [5.74, 6) is -0.362. The first-order chi connectivity index (χ1) is 5.93. The summed E-state index contributed by atoms with van der Waals surface area (Å²) < 4.78 is 36.3. The van der Waals surface area contributed by atoms with E-state index in [1.807, 2.05) is 0 Å². The van der Waals surface area contributed by atoms with Gasteiger partial charge in [0.05, 0.1) is 0 Å². The monoisotopic (exact) mass is 192 g/mol. The van der Waals surface area contributed by atoms with Crippen LogP contribution in [0.5, 0.6) is 0 Å². The molecular weight excluding hydrogens is 185 g/mol. The molecule has 0 amide bonds. The van der Waals surface area contributed by atoms with Crippen molar-refractivity contribution in [2.75, 3.05) is 18.1 Å². The van der Waals surface area contributed by atoms with Gasteiger partial charge in [-0.3, -0.25) is 0 Å². The van der Waals surface area contributed by atoms with E-state index in [9.17, 15) is 13.2 Å². The maximum atomic E-state index is 12.1. The number of hydrogen-bond donors (Lipinski definition) is 2. The Bertz CT molecular complexity index is 309. The van der Waals surface area contributed by atoms with Crippen molar-refractivity contribution in [3.63, 3.8) is 0 Å². The molecule has 0 bridgehead atoms. The Kier molecular flexibility index (Phi) is 2.26. The predicted molar refractivity (Wildman–Crippen MR) is 41.0 cm³/mol. The molecule has 1 rings (SSSR count). The molecule has 1 aromatic rings. The first kappa shape index (κ1) is 9.56. The molecule has 0 aromatic carbocycles. The Morgan fingerprint density at radius 3 is 2.46 bits per heavy atom. The van der Waals surface area contributed by atoms with E-state index in [0.29, 0.717) is 0 Å². The highest BCUT2D eigenvalue weighted by atomic mass is 19.4. The van der Waals surface area contributed by atoms with Crippen LogP contribution >= 0.6 is 0 Å². The van der Waals surface area contributed by atoms with Crippen LogP contribution in [0.15, 0.2) is 6.07 Å². The van der Waals surface area contributed by atoms with Gasteiger partial charge >= 0.3 is 6.18 Å². The third-order valence-corrected chi connectivity index (χ3v) is 1.29. The van der Waals surface area contributed by atoms with Crippen LogP contribution in [0.3, 0.4) is 0 Å². The van der Waals surface area contributed by atoms with Crippen molar-refractivity contribution in [3.05, 3.63) is 11.8 Å². The van der Waals surface area contributed by atoms with Crippen molar-refractivity contribution < 1.29 is 13.2 Å². The Labute approximate surface area is 72.0 Å². The fraction of sp³-hybridized carbons (Fsp3) is 0.333. The van der Waals surface area contributed by atoms with Crippen LogP contribution in [0.25, 0.3) is 0 Å². The molecule has 7 heteroatoms. The topological polar surface area (TPSA) is 63.8 Å². The lowest BCUT2D eigenvalue weighted by Gasteiger charge is -2.07. The molecule has 0 unspecified atom stereocenters. The van der Waals surface area contributed by atoms with Gasteiger partial charge in [0.2, 0.25) is 5.95 Å². The van der Waals surface area contributed by atoms with Crippen LogP contribution < -0.4 is 11.1 Å². The zero-order chi connectivity index (χ0) is 10.1. The predicted octanol–water partition coefficient (Wildman–Crippen LogP) is 1.12. The van der Waals surface area contributed by atoms with Gasteiger partial charge in [-0.1, -0.05) is 0 Å². The van der Waals surface area contributed by atoms with E-state index < -0.39 is 17.8 Å². The fourth-order valence-corrected chi connectivity index (χ4v) is 0.739. The lowest BCUT2D eigenvalue weighted by Crippen LogP contribution is -2.11. The number of aromatic nitrogens is 2. The summed E-state index contributed by atoms with van der Waals surface area (Å²) in [5.41, 5.74) is 4.02. The maximum absolute atomic E-state index is 12.1. The van der Waals surface area contributed by atoms with Gasteiger partial charge in [0.15, 0.2) is 5.69 Å². The van der Waals surface area contributed by atoms with Gasteiger partial charge in [-0.2, -0.15) is 18.2 Å². The molecule has 0 radical (unpaired) electrons. The van der Waals surface area contributed by atoms with Crippen molar-refractivity contribution in [1.29, 1.82) is 0 Å². The molecule has 1 heterocycles. The molecule has 0 aliphatic carbocycles. The Hall–Kier alpha value is -1.53. The number of nitrogens with two attached hydrogens (primary N) is 1. The van der Waals surface area contributed by atoms with E-state index in [2.05, 4.69) is 15.3 Å². The largest absolute Gasteiger partial charge is 0.433 e. The summed E-state index contributed by atoms with van der Waals surface area (Å²) in [6.45, 7) is 0. The standard InChI is InChI=1S/C6H7F3N4/c1-11-4-2-3(6(7,8)9)12-5(10)13-4/h2H,1H3,(H3,10,11,12,13). The van der Waals surface area contributed by atoms with E-state index in [-0.39, 0.29) is 5.82 Å². The fourth-order valence-electron chi connectivity index (χ4n) is 0.739. The van der Waals surface area contributed by atoms with Crippen molar-refractivity contribution >= 4 is 11.8 Å². The van der Waals surface area contributed by atoms with Crippen LogP contribution in [-0.4, -0.2) is 17.0 Å². The molecule has 0 spiro atoms. The molecular formula is C6H7F3N4. The van der Waals surface area contributed by atoms with Crippen LogP contribution in [-0.2, 0) is 6.18 Å². The summed E-state index contributed by atoms with van der Waals surface area (Å²) in [6, 6.07) is 0.788. The van der Waals surface area contributed by atoms with E-state index in [0.717, 1.165) is 6.07 Å². The van der Waals surface area contributed by atoms with Crippen molar-refractivity contribution in [1.82, 2.24) is 9.97 Å². The molecule has 0 saturated heterocycles. The molecule has 72 valence electrons. The average molecular weight is 192 g/mol. The number of nitrogen functional groups attached to an aromatic ring is 1. The molecule has 1 aromatic heterocycles. The van der Waals surface area contributed by atoms with Crippen LogP contribution in [0.2, 0.25) is 0 Å². The Morgan fingerprint density at radius 1 is 1.38 bits per heavy atom. The summed E-state index contributed by atoms with van der Waals surface area (Å²) in [5, 5.41) is 2.45. The van der Waals surface area contributed by atoms with Crippen molar-refractivity contribution in [3.8, 4) is 0 Å². The van der Waals surface area contributed by atoms with E-state index in [4.69, 9.17) is 5.73 Å². The van der Waals surface area contributed by atoms with Gasteiger partial charge in [-0.05, 0) is 0 Å². The Balaban J connectivity index is 3.16. The minimum absolute atomic E-state index is 0.0415. The number of alkyl halides is 3. The summed E-state index contributed by atoms with van der Waals surface area (Å²) in [6.07, 6.45) is -4.50. The van der Waals surface area contributed by atoms with E-state index in [1.54, 1.807) is 0 Å². The lowest BCUT2D eigenvalue weighted by atomic mass is 10.4. The van der Waals surface area contributed by atoms with Crippen molar-refractivity contribution in [2.24, 2.45) is 0 Å². The van der Waals surface area contributed by atoms with Crippen LogP contribution in [0.1, 0.15) is 5.69 Å². The number of rotatable bonds is 1. The Morgan fingerprint density at radius 2 is 2.00 bits per heavy atom. The van der Waals surface area contributed by atoms with Gasteiger partial charge in [0, 0.05) is 13.1 Å². The maximum Gasteiger partial charge on any atom is 0.433 e. The second-order valence-electron chi connectivity index (χ2n) is 2.24. The second kappa shape index (κ2) is 3.08. The van der Waals surface area contributed by atoms with E-state index in [1.165, 1.54) is 7.05 Å². The van der Waals surface area contributed by atoms with Crippen LogP contribution in [0.4, 0.5) is 24.9 Å². The highest BCUT2D eigenvalue weighted by molar-refractivity contribution is 5.40. The molecule has 0 aliphatic heterocycles. The molecule has 0 aliphatic rings. The first-order valence-corrected chi connectivity index (χ1v) is 3.33. The zero-order valence-corrected chi connectivity index (χ0v) is 6.68. The lowest BCUT2D eigenvalue weighted by molar-refractivity contribution is -0.141. The molecule has 4 nitrogen and oxygen atoms in total. The number of nitrogens with one attached hydrogen (secondary N) is 1. The number of anilines is 2. The summed E-state index contributed by atoms with van der Waals surface area (Å²) in [4.78, 5) is 6.58. The first-order valence-electron chi connectivity index (χ1n) is 3.33. The van der Waals surface area contributed by atoms with Crippen molar-refractivity contribution in [2.45, 2.75) is 6.18 Å². The molecule has 3 N–H and O–H groups in total. The normalized spacial score (nSPS) is 11.4. The third-order valence-electron chi connectivity index (χ3n) is 1.29. The molecule has 13 heavy (non-hydrogen) atoms. The zero-order valence-electron chi connectivity index (χ0n) is 6.68. The number of hydrogen-bond acceptors (Lipinski definition) is 4. The van der Waals surface area contributed by atoms with Gasteiger partial charge in [0.25, 0.3) is 0 Å². The summed E-state index contributed by atoms with van der Waals surface area (Å²) in [7, 11) is 1.45. The molecule has 0 saturated carbocycles. The molecule has 0 fully saturated rings. The van der Waals surface area contributed by atoms with Gasteiger partial charge in [-0.25, -0.2) is 4.98 Å². The smallest absolute Gasteiger partial charge is 0.373 e. The number of halogens is 3. The van der Waals surface area contributed by atoms with Gasteiger partial charge < -0.3 is 11.1 Å². The quantitative estimate of drug-likeness (QED) is 0.699. The molecule has 0 atom stereocenters. The van der Waals surface area contributed by atoms with Gasteiger partial charge in [0.1, 0.15) is 5.82 Å². The second-order valence-corrected chi connectivity index (χ2v) is 2.24. The minimum atomic E-state index is -4.50. The highest BCUT2D eigenvalue weighted by Crippen LogP contribution is 2.28. The van der Waals surface area contributed by atoms with Crippen LogP contribution in [0, 0.1) is 0 Å². The average Bonchev–Trinajstić information content (AvgIpc) is 2.01. The van der Waals surface area contributed by atoms with Gasteiger partial charge in [-0.15, -0.1) is 0 Å². The highest BCUT2D eigenvalue weighted by Gasteiger charge is 2.33. The minimum Gasteiger partial charge on any atom is -0.373 e. The summed E-state index contributed by atoms with van der Waals surface area (Å²) >= 11 is 0.